The van der Waals surface area contributed by atoms with E-state index in [4.69, 9.17) is 10.2 Å². The van der Waals surface area contributed by atoms with Gasteiger partial charge in [0.05, 0.1) is 10.5 Å². The molecular formula is C21H19N3O7S2. The maximum absolute atomic E-state index is 12.5. The molecule has 1 aromatic heterocycles. The standard InChI is InChI=1S/C14H13N3O4S2.C7H6O3/c1-8-7-15-14(22-8)16-13(19)11-12(18)9-5-3-4-6-10(9)23(20,21)17(11)2;8-6-3-1-5(2-4-6)7(9)10/h3-7,18H,1-2H3,(H,15,16,19);1-4,8H,(H,9,10). The number of carboxylic acid groups (broad SMARTS) is 1. The van der Waals surface area contributed by atoms with Gasteiger partial charge in [-0.3, -0.25) is 14.4 Å². The van der Waals surface area contributed by atoms with Crippen molar-refractivity contribution in [2.45, 2.75) is 11.8 Å². The Morgan fingerprint density at radius 1 is 1.06 bits per heavy atom. The summed E-state index contributed by atoms with van der Waals surface area (Å²) < 4.78 is 25.8. The number of fused-ring (bicyclic) bond motifs is 1. The summed E-state index contributed by atoms with van der Waals surface area (Å²) >= 11 is 1.25. The highest BCUT2D eigenvalue weighted by molar-refractivity contribution is 7.89. The number of hydrogen-bond acceptors (Lipinski definition) is 8. The molecule has 2 heterocycles. The number of carboxylic acids is 1. The normalized spacial score (nSPS) is 14.1. The van der Waals surface area contributed by atoms with Gasteiger partial charge in [-0.15, -0.1) is 11.3 Å². The molecule has 0 fully saturated rings. The van der Waals surface area contributed by atoms with Crippen LogP contribution in [0.25, 0.3) is 5.76 Å². The molecule has 0 radical (unpaired) electrons. The molecule has 3 aromatic rings. The number of sulfonamides is 1. The number of phenols is 1. The highest BCUT2D eigenvalue weighted by Gasteiger charge is 2.37. The van der Waals surface area contributed by atoms with E-state index >= 15 is 0 Å². The predicted molar refractivity (Wildman–Crippen MR) is 121 cm³/mol. The lowest BCUT2D eigenvalue weighted by Gasteiger charge is -2.28. The van der Waals surface area contributed by atoms with Gasteiger partial charge < -0.3 is 15.3 Å². The first-order valence-corrected chi connectivity index (χ1v) is 11.6. The molecule has 4 N–H and O–H groups in total. The van der Waals surface area contributed by atoms with Gasteiger partial charge in [0.1, 0.15) is 5.75 Å². The molecule has 172 valence electrons. The van der Waals surface area contributed by atoms with Crippen molar-refractivity contribution in [2.24, 2.45) is 0 Å². The first-order valence-electron chi connectivity index (χ1n) is 9.30. The van der Waals surface area contributed by atoms with Gasteiger partial charge in [0.15, 0.2) is 16.6 Å². The third kappa shape index (κ3) is 4.96. The molecule has 1 aliphatic rings. The Bertz CT molecular complexity index is 1350. The van der Waals surface area contributed by atoms with Gasteiger partial charge in [-0.05, 0) is 43.3 Å². The summed E-state index contributed by atoms with van der Waals surface area (Å²) in [4.78, 5) is 27.5. The number of aryl methyl sites for hydroxylation is 1. The predicted octanol–water partition coefficient (Wildman–Crippen LogP) is 3.04. The molecule has 0 unspecified atom stereocenters. The number of benzene rings is 2. The number of aromatic nitrogens is 1. The monoisotopic (exact) mass is 489 g/mol. The lowest BCUT2D eigenvalue weighted by Crippen LogP contribution is -2.37. The number of likely N-dealkylation sites (N-methyl/N-ethyl adjacent to an activating group) is 1. The lowest BCUT2D eigenvalue weighted by atomic mass is 10.1. The fourth-order valence-electron chi connectivity index (χ4n) is 2.85. The maximum Gasteiger partial charge on any atom is 0.335 e. The average molecular weight is 490 g/mol. The fraction of sp³-hybridized carbons (Fsp3) is 0.0952. The number of amides is 1. The van der Waals surface area contributed by atoms with Gasteiger partial charge >= 0.3 is 5.97 Å². The van der Waals surface area contributed by atoms with Crippen LogP contribution >= 0.6 is 11.3 Å². The van der Waals surface area contributed by atoms with Crippen molar-refractivity contribution >= 4 is 44.1 Å². The summed E-state index contributed by atoms with van der Waals surface area (Å²) in [5.41, 5.74) is -0.0552. The maximum atomic E-state index is 12.5. The average Bonchev–Trinajstić information content (AvgIpc) is 3.18. The highest BCUT2D eigenvalue weighted by atomic mass is 32.2. The van der Waals surface area contributed by atoms with E-state index in [1.165, 1.54) is 54.8 Å². The Kier molecular flexibility index (Phi) is 6.70. The summed E-state index contributed by atoms with van der Waals surface area (Å²) in [5, 5.41) is 30.4. The molecule has 0 saturated heterocycles. The van der Waals surface area contributed by atoms with Crippen LogP contribution in [0.5, 0.6) is 5.75 Å². The number of anilines is 1. The number of carbonyl (C=O) groups excluding carboxylic acids is 1. The molecule has 1 aliphatic heterocycles. The van der Waals surface area contributed by atoms with Crippen molar-refractivity contribution in [3.05, 3.63) is 76.4 Å². The molecular weight excluding hydrogens is 470 g/mol. The molecule has 0 saturated carbocycles. The number of nitrogens with one attached hydrogen (secondary N) is 1. The number of aliphatic hydroxyl groups excluding tert-OH is 1. The molecule has 12 heteroatoms. The van der Waals surface area contributed by atoms with Crippen molar-refractivity contribution in [2.75, 3.05) is 12.4 Å². The lowest BCUT2D eigenvalue weighted by molar-refractivity contribution is -0.113. The summed E-state index contributed by atoms with van der Waals surface area (Å²) in [6, 6.07) is 11.4. The van der Waals surface area contributed by atoms with E-state index in [-0.39, 0.29) is 33.2 Å². The Balaban J connectivity index is 0.000000257. The van der Waals surface area contributed by atoms with Crippen LogP contribution in [0, 0.1) is 6.92 Å². The molecule has 0 aliphatic carbocycles. The second-order valence-electron chi connectivity index (χ2n) is 6.75. The van der Waals surface area contributed by atoms with Crippen LogP contribution in [0.1, 0.15) is 20.8 Å². The van der Waals surface area contributed by atoms with E-state index in [2.05, 4.69) is 10.3 Å². The minimum absolute atomic E-state index is 0.0401. The van der Waals surface area contributed by atoms with E-state index in [1.807, 2.05) is 6.92 Å². The quantitative estimate of drug-likeness (QED) is 0.437. The van der Waals surface area contributed by atoms with Gasteiger partial charge in [0.2, 0.25) is 0 Å². The second kappa shape index (κ2) is 9.30. The van der Waals surface area contributed by atoms with Crippen LogP contribution < -0.4 is 5.32 Å². The van der Waals surface area contributed by atoms with Crippen molar-refractivity contribution < 1.29 is 33.3 Å². The zero-order valence-electron chi connectivity index (χ0n) is 17.4. The third-order valence-corrected chi connectivity index (χ3v) is 7.13. The number of nitrogens with zero attached hydrogens (tertiary/aromatic N) is 2. The molecule has 2 aromatic carbocycles. The third-order valence-electron chi connectivity index (χ3n) is 4.49. The van der Waals surface area contributed by atoms with Gasteiger partial charge in [-0.2, -0.15) is 0 Å². The van der Waals surface area contributed by atoms with Crippen molar-refractivity contribution in [3.63, 3.8) is 0 Å². The van der Waals surface area contributed by atoms with Crippen molar-refractivity contribution in [1.82, 2.24) is 9.29 Å². The van der Waals surface area contributed by atoms with Gasteiger partial charge in [-0.25, -0.2) is 18.2 Å². The van der Waals surface area contributed by atoms with Crippen LogP contribution in [-0.4, -0.2) is 52.0 Å². The summed E-state index contributed by atoms with van der Waals surface area (Å²) in [6.45, 7) is 1.83. The van der Waals surface area contributed by atoms with Crippen LogP contribution in [0.2, 0.25) is 0 Å². The fourth-order valence-corrected chi connectivity index (χ4v) is 4.91. The first-order chi connectivity index (χ1) is 15.5. The van der Waals surface area contributed by atoms with E-state index in [9.17, 15) is 23.1 Å². The Morgan fingerprint density at radius 3 is 2.27 bits per heavy atom. The molecule has 1 amide bonds. The van der Waals surface area contributed by atoms with Crippen LogP contribution in [0.3, 0.4) is 0 Å². The largest absolute Gasteiger partial charge is 0.508 e. The molecule has 33 heavy (non-hydrogen) atoms. The Hall–Kier alpha value is -3.90. The van der Waals surface area contributed by atoms with Crippen LogP contribution in [-0.2, 0) is 14.8 Å². The number of aromatic carboxylic acids is 1. The molecule has 4 rings (SSSR count). The summed E-state index contributed by atoms with van der Waals surface area (Å²) in [6.07, 6.45) is 1.59. The zero-order valence-corrected chi connectivity index (χ0v) is 19.0. The van der Waals surface area contributed by atoms with Crippen LogP contribution in [0.4, 0.5) is 5.13 Å². The highest BCUT2D eigenvalue weighted by Crippen LogP contribution is 2.34. The number of aromatic hydroxyl groups is 1. The van der Waals surface area contributed by atoms with E-state index in [0.29, 0.717) is 5.13 Å². The Morgan fingerprint density at radius 2 is 1.70 bits per heavy atom. The van der Waals surface area contributed by atoms with Gasteiger partial charge in [0, 0.05) is 23.7 Å². The number of carbonyl (C=O) groups is 2. The van der Waals surface area contributed by atoms with Gasteiger partial charge in [-0.1, -0.05) is 12.1 Å². The van der Waals surface area contributed by atoms with Crippen molar-refractivity contribution in [3.8, 4) is 5.75 Å². The zero-order chi connectivity index (χ0) is 24.3. The second-order valence-corrected chi connectivity index (χ2v) is 9.92. The number of rotatable bonds is 3. The Labute approximate surface area is 193 Å². The summed E-state index contributed by atoms with van der Waals surface area (Å²) in [7, 11) is -2.67. The molecule has 0 bridgehead atoms. The van der Waals surface area contributed by atoms with Gasteiger partial charge in [0.25, 0.3) is 15.9 Å². The summed E-state index contributed by atoms with van der Waals surface area (Å²) in [5.74, 6) is -2.04. The minimum atomic E-state index is -3.90. The SMILES string of the molecule is Cc1cnc(NC(=O)C2=C(O)c3ccccc3S(=O)(=O)N2C)s1.O=C(O)c1ccc(O)cc1. The number of thiazole rings is 1. The molecule has 0 atom stereocenters. The smallest absolute Gasteiger partial charge is 0.335 e. The molecule has 0 spiro atoms. The van der Waals surface area contributed by atoms with E-state index in [1.54, 1.807) is 18.3 Å². The molecule has 10 nitrogen and oxygen atoms in total. The van der Waals surface area contributed by atoms with E-state index < -0.39 is 21.9 Å². The number of hydrogen-bond donors (Lipinski definition) is 4. The minimum Gasteiger partial charge on any atom is -0.508 e. The number of phenolic OH excluding ortho intramolecular Hbond substituents is 1. The number of aliphatic hydroxyl groups is 1. The first kappa shape index (κ1) is 23.8. The topological polar surface area (TPSA) is 157 Å². The van der Waals surface area contributed by atoms with Crippen LogP contribution in [0.15, 0.2) is 65.3 Å². The van der Waals surface area contributed by atoms with E-state index in [0.717, 1.165) is 9.18 Å². The van der Waals surface area contributed by atoms with Crippen molar-refractivity contribution in [1.29, 1.82) is 0 Å².